The number of hydrogen-bond acceptors (Lipinski definition) is 4. The minimum Gasteiger partial charge on any atom is -0.495 e. The van der Waals surface area contributed by atoms with Crippen LogP contribution in [-0.2, 0) is 4.74 Å². The summed E-state index contributed by atoms with van der Waals surface area (Å²) in [5.41, 5.74) is 0. The number of rotatable bonds is 2. The zero-order valence-corrected chi connectivity index (χ0v) is 9.94. The van der Waals surface area contributed by atoms with Crippen LogP contribution in [0.4, 0.5) is 0 Å². The van der Waals surface area contributed by atoms with Gasteiger partial charge in [0, 0.05) is 28.4 Å². The molecule has 2 aliphatic rings. The van der Waals surface area contributed by atoms with E-state index in [4.69, 9.17) is 4.74 Å². The number of aliphatic hydroxyl groups excluding tert-OH is 1. The molecule has 14 heavy (non-hydrogen) atoms. The topological polar surface area (TPSA) is 29.5 Å². The molecule has 0 aromatic heterocycles. The van der Waals surface area contributed by atoms with Crippen LogP contribution in [0.25, 0.3) is 0 Å². The third-order valence-electron chi connectivity index (χ3n) is 2.57. The van der Waals surface area contributed by atoms with E-state index in [1.165, 1.54) is 5.75 Å². The van der Waals surface area contributed by atoms with Crippen molar-refractivity contribution in [2.45, 2.75) is 29.9 Å². The zero-order chi connectivity index (χ0) is 9.97. The van der Waals surface area contributed by atoms with Gasteiger partial charge in [0.1, 0.15) is 11.9 Å². The summed E-state index contributed by atoms with van der Waals surface area (Å²) in [5.74, 6) is 3.15. The lowest BCUT2D eigenvalue weighted by atomic mass is 10.1. The Balaban J connectivity index is 1.98. The summed E-state index contributed by atoms with van der Waals surface area (Å²) in [6, 6.07) is 0. The molecule has 2 nitrogen and oxygen atoms in total. The molecule has 0 aliphatic carbocycles. The van der Waals surface area contributed by atoms with Crippen molar-refractivity contribution in [3.8, 4) is 0 Å². The Hall–Kier alpha value is 0.200. The fourth-order valence-electron chi connectivity index (χ4n) is 1.80. The normalized spacial score (nSPS) is 34.9. The highest BCUT2D eigenvalue weighted by molar-refractivity contribution is 8.07. The number of hydrogen-bond donors (Lipinski definition) is 1. The van der Waals surface area contributed by atoms with Crippen LogP contribution >= 0.6 is 23.5 Å². The molecule has 0 spiro atoms. The van der Waals surface area contributed by atoms with Gasteiger partial charge in [-0.1, -0.05) is 6.92 Å². The molecule has 4 heteroatoms. The molecule has 0 bridgehead atoms. The molecule has 2 rings (SSSR count). The highest BCUT2D eigenvalue weighted by atomic mass is 32.2. The minimum absolute atomic E-state index is 0.304. The van der Waals surface area contributed by atoms with Gasteiger partial charge in [-0.2, -0.15) is 23.5 Å². The van der Waals surface area contributed by atoms with Gasteiger partial charge >= 0.3 is 0 Å². The Bertz CT molecular complexity index is 230. The third kappa shape index (κ3) is 2.23. The monoisotopic (exact) mass is 232 g/mol. The summed E-state index contributed by atoms with van der Waals surface area (Å²) in [7, 11) is 0. The number of ether oxygens (including phenoxy) is 1. The van der Waals surface area contributed by atoms with Crippen molar-refractivity contribution >= 4 is 23.5 Å². The molecule has 0 saturated carbocycles. The maximum atomic E-state index is 10.1. The first-order valence-corrected chi connectivity index (χ1v) is 7.13. The first kappa shape index (κ1) is 10.7. The van der Waals surface area contributed by atoms with Crippen LogP contribution in [0.1, 0.15) is 13.3 Å². The first-order chi connectivity index (χ1) is 6.79. The average molecular weight is 232 g/mol. The number of aliphatic hydroxyl groups is 1. The molecular weight excluding hydrogens is 216 g/mol. The van der Waals surface area contributed by atoms with Crippen molar-refractivity contribution in [3.63, 3.8) is 0 Å². The van der Waals surface area contributed by atoms with E-state index in [9.17, 15) is 5.11 Å². The average Bonchev–Trinajstić information content (AvgIpc) is 2.70. The molecule has 1 fully saturated rings. The van der Waals surface area contributed by atoms with Crippen LogP contribution in [0.2, 0.25) is 0 Å². The van der Waals surface area contributed by atoms with Crippen molar-refractivity contribution in [1.29, 1.82) is 0 Å². The van der Waals surface area contributed by atoms with Crippen molar-refractivity contribution < 1.29 is 9.84 Å². The van der Waals surface area contributed by atoms with E-state index < -0.39 is 6.10 Å². The van der Waals surface area contributed by atoms with E-state index in [1.807, 2.05) is 29.6 Å². The lowest BCUT2D eigenvalue weighted by Crippen LogP contribution is -2.36. The van der Waals surface area contributed by atoms with E-state index in [1.54, 1.807) is 0 Å². The largest absolute Gasteiger partial charge is 0.495 e. The van der Waals surface area contributed by atoms with E-state index in [0.29, 0.717) is 10.5 Å². The maximum absolute atomic E-state index is 10.1. The van der Waals surface area contributed by atoms with Gasteiger partial charge in [0.05, 0.1) is 6.61 Å². The smallest absolute Gasteiger partial charge is 0.124 e. The summed E-state index contributed by atoms with van der Waals surface area (Å²) in [5, 5.41) is 10.9. The van der Waals surface area contributed by atoms with Crippen LogP contribution in [0.5, 0.6) is 0 Å². The Labute approximate surface area is 93.5 Å². The van der Waals surface area contributed by atoms with Crippen LogP contribution < -0.4 is 0 Å². The molecule has 0 radical (unpaired) electrons. The standard InChI is InChI=1S/C10H16O2S2/c1-7-10(14-6-5-13-7)9(11)8-3-2-4-12-8/h3,7,9-11H,2,4-6H2,1H3. The number of thioether (sulfide) groups is 2. The van der Waals surface area contributed by atoms with E-state index in [0.717, 1.165) is 24.5 Å². The van der Waals surface area contributed by atoms with Gasteiger partial charge in [-0.15, -0.1) is 0 Å². The zero-order valence-electron chi connectivity index (χ0n) is 8.31. The summed E-state index contributed by atoms with van der Waals surface area (Å²) in [6.45, 7) is 2.94. The second-order valence-electron chi connectivity index (χ2n) is 3.60. The molecule has 2 aliphatic heterocycles. The first-order valence-electron chi connectivity index (χ1n) is 5.03. The minimum atomic E-state index is -0.398. The Kier molecular flexibility index (Phi) is 3.68. The summed E-state index contributed by atoms with van der Waals surface area (Å²) < 4.78 is 5.40. The van der Waals surface area contributed by atoms with E-state index in [2.05, 4.69) is 6.92 Å². The highest BCUT2D eigenvalue weighted by Crippen LogP contribution is 2.35. The van der Waals surface area contributed by atoms with Crippen molar-refractivity contribution in [3.05, 3.63) is 11.8 Å². The molecule has 2 heterocycles. The predicted molar refractivity (Wildman–Crippen MR) is 62.8 cm³/mol. The second-order valence-corrected chi connectivity index (χ2v) is 6.37. The predicted octanol–water partition coefficient (Wildman–Crippen LogP) is 1.89. The lowest BCUT2D eigenvalue weighted by Gasteiger charge is -2.31. The summed E-state index contributed by atoms with van der Waals surface area (Å²) in [6.07, 6.45) is 2.58. The highest BCUT2D eigenvalue weighted by Gasteiger charge is 2.32. The van der Waals surface area contributed by atoms with Gasteiger partial charge in [-0.05, 0) is 6.08 Å². The van der Waals surface area contributed by atoms with Crippen LogP contribution in [0.3, 0.4) is 0 Å². The molecule has 3 atom stereocenters. The molecule has 1 N–H and O–H groups in total. The van der Waals surface area contributed by atoms with E-state index in [-0.39, 0.29) is 0 Å². The van der Waals surface area contributed by atoms with Gasteiger partial charge in [0.2, 0.25) is 0 Å². The fourth-order valence-corrected chi connectivity index (χ4v) is 4.61. The quantitative estimate of drug-likeness (QED) is 0.787. The van der Waals surface area contributed by atoms with Gasteiger partial charge in [-0.25, -0.2) is 0 Å². The Morgan fingerprint density at radius 1 is 1.50 bits per heavy atom. The van der Waals surface area contributed by atoms with Crippen molar-refractivity contribution in [2.24, 2.45) is 0 Å². The second kappa shape index (κ2) is 4.81. The molecule has 80 valence electrons. The molecule has 1 saturated heterocycles. The molecule has 3 unspecified atom stereocenters. The van der Waals surface area contributed by atoms with E-state index >= 15 is 0 Å². The molecule has 0 amide bonds. The van der Waals surface area contributed by atoms with Gasteiger partial charge < -0.3 is 9.84 Å². The van der Waals surface area contributed by atoms with Gasteiger partial charge in [0.15, 0.2) is 0 Å². The Morgan fingerprint density at radius 3 is 2.93 bits per heavy atom. The van der Waals surface area contributed by atoms with Crippen LogP contribution in [0, 0.1) is 0 Å². The molecule has 0 aromatic carbocycles. The van der Waals surface area contributed by atoms with Crippen LogP contribution in [-0.4, -0.2) is 39.8 Å². The Morgan fingerprint density at radius 2 is 2.29 bits per heavy atom. The maximum Gasteiger partial charge on any atom is 0.124 e. The SMILES string of the molecule is CC1SCCSC1C(O)C1=CCCO1. The lowest BCUT2D eigenvalue weighted by molar-refractivity contribution is 0.116. The summed E-state index contributed by atoms with van der Waals surface area (Å²) >= 11 is 3.82. The van der Waals surface area contributed by atoms with Crippen molar-refractivity contribution in [2.75, 3.05) is 18.1 Å². The molecular formula is C10H16O2S2. The van der Waals surface area contributed by atoms with Gasteiger partial charge in [0.25, 0.3) is 0 Å². The molecule has 0 aromatic rings. The third-order valence-corrected chi connectivity index (χ3v) is 5.75. The van der Waals surface area contributed by atoms with Crippen molar-refractivity contribution in [1.82, 2.24) is 0 Å². The summed E-state index contributed by atoms with van der Waals surface area (Å²) in [4.78, 5) is 0. The fraction of sp³-hybridized carbons (Fsp3) is 0.800. The van der Waals surface area contributed by atoms with Gasteiger partial charge in [-0.3, -0.25) is 0 Å². The van der Waals surface area contributed by atoms with Crippen LogP contribution in [0.15, 0.2) is 11.8 Å².